The second-order valence-corrected chi connectivity index (χ2v) is 13.1. The third kappa shape index (κ3) is 12.8. The Kier molecular flexibility index (Phi) is 16.2. The van der Waals surface area contributed by atoms with E-state index in [9.17, 15) is 19.5 Å². The number of β-amino-alcohol motifs (C(OH)–C–C–N with tert-alkyl or cyclic N) is 1. The van der Waals surface area contributed by atoms with E-state index in [1.54, 1.807) is 11.3 Å². The van der Waals surface area contributed by atoms with Gasteiger partial charge in [0, 0.05) is 31.0 Å². The van der Waals surface area contributed by atoms with Gasteiger partial charge in [0.2, 0.25) is 17.7 Å². The Hall–Kier alpha value is -3.63. The fraction of sp³-hybridized carbons (Fsp3) is 0.625. The summed E-state index contributed by atoms with van der Waals surface area (Å²) < 4.78 is 21.5. The van der Waals surface area contributed by atoms with E-state index in [1.165, 1.54) is 4.90 Å². The van der Waals surface area contributed by atoms with Gasteiger partial charge in [-0.1, -0.05) is 50.2 Å². The van der Waals surface area contributed by atoms with E-state index >= 15 is 0 Å². The summed E-state index contributed by atoms with van der Waals surface area (Å²) in [6.45, 7) is 9.89. The summed E-state index contributed by atoms with van der Waals surface area (Å²) in [5.74, 6) is -1.29. The molecular formula is C32H47N7O8S. The van der Waals surface area contributed by atoms with Crippen molar-refractivity contribution in [1.29, 1.82) is 0 Å². The van der Waals surface area contributed by atoms with E-state index in [0.717, 1.165) is 21.7 Å². The van der Waals surface area contributed by atoms with Crippen molar-refractivity contribution >= 4 is 29.1 Å². The number of ether oxygens (including phenoxy) is 4. The van der Waals surface area contributed by atoms with Gasteiger partial charge in [-0.3, -0.25) is 14.4 Å². The average Bonchev–Trinajstić information content (AvgIpc) is 3.67. The number of hydrogen-bond acceptors (Lipinski definition) is 11. The Labute approximate surface area is 284 Å². The predicted molar refractivity (Wildman–Crippen MR) is 179 cm³/mol. The summed E-state index contributed by atoms with van der Waals surface area (Å²) in [4.78, 5) is 49.2. The molecule has 3 amide bonds. The number of aliphatic hydroxyl groups is 1. The zero-order valence-corrected chi connectivity index (χ0v) is 28.9. The van der Waals surface area contributed by atoms with Crippen LogP contribution in [0.15, 0.2) is 34.9 Å². The molecule has 1 unspecified atom stereocenters. The van der Waals surface area contributed by atoms with Crippen molar-refractivity contribution < 1.29 is 38.4 Å². The minimum absolute atomic E-state index is 0.00966. The molecular weight excluding hydrogens is 642 g/mol. The highest BCUT2D eigenvalue weighted by atomic mass is 32.1. The Bertz CT molecular complexity index is 1360. The number of aryl methyl sites for hydroxylation is 1. The number of aliphatic hydroxyl groups excluding tert-OH is 1. The minimum atomic E-state index is -0.951. The van der Waals surface area contributed by atoms with E-state index in [2.05, 4.69) is 25.6 Å². The van der Waals surface area contributed by atoms with Crippen LogP contribution in [0.3, 0.4) is 0 Å². The van der Waals surface area contributed by atoms with Crippen LogP contribution >= 0.6 is 11.3 Å². The number of likely N-dealkylation sites (tertiary alicyclic amines) is 1. The van der Waals surface area contributed by atoms with Crippen LogP contribution in [-0.4, -0.2) is 117 Å². The Morgan fingerprint density at radius 1 is 1.06 bits per heavy atom. The maximum Gasteiger partial charge on any atom is 0.246 e. The zero-order valence-electron chi connectivity index (χ0n) is 28.1. The van der Waals surface area contributed by atoms with Crippen LogP contribution in [0.5, 0.6) is 0 Å². The SMILES string of the molecule is Cc1ncsc1-c1ccc(CNC(=O)[C@@H]2C[C@@H](O)CN2C(=O)C(NC(=O)COCCOCCOCCOCCN=[N+]=[N-])C(C)(C)C)cc1. The molecule has 2 heterocycles. The van der Waals surface area contributed by atoms with Crippen molar-refractivity contribution in [3.63, 3.8) is 0 Å². The molecule has 0 saturated carbocycles. The number of carbonyl (C=O) groups is 3. The molecule has 3 N–H and O–H groups in total. The second-order valence-electron chi connectivity index (χ2n) is 12.3. The lowest BCUT2D eigenvalue weighted by atomic mass is 9.85. The highest BCUT2D eigenvalue weighted by Gasteiger charge is 2.44. The van der Waals surface area contributed by atoms with Crippen LogP contribution in [0.4, 0.5) is 0 Å². The molecule has 1 aliphatic rings. The summed E-state index contributed by atoms with van der Waals surface area (Å²) in [5, 5.41) is 19.5. The van der Waals surface area contributed by atoms with E-state index in [1.807, 2.05) is 57.5 Å². The molecule has 0 aliphatic carbocycles. The molecule has 1 fully saturated rings. The first-order chi connectivity index (χ1) is 23.0. The van der Waals surface area contributed by atoms with Gasteiger partial charge < -0.3 is 39.6 Å². The Morgan fingerprint density at radius 2 is 1.69 bits per heavy atom. The normalized spacial score (nSPS) is 16.7. The monoisotopic (exact) mass is 689 g/mol. The number of rotatable bonds is 20. The molecule has 2 aromatic rings. The number of azide groups is 1. The fourth-order valence-corrected chi connectivity index (χ4v) is 5.77. The number of aromatic nitrogens is 1. The average molecular weight is 690 g/mol. The lowest BCUT2D eigenvalue weighted by Gasteiger charge is -2.35. The number of carbonyl (C=O) groups excluding carboxylic acids is 3. The number of nitrogens with zero attached hydrogens (tertiary/aromatic N) is 5. The lowest BCUT2D eigenvalue weighted by molar-refractivity contribution is -0.144. The first kappa shape index (κ1) is 38.8. The first-order valence-corrected chi connectivity index (χ1v) is 16.8. The van der Waals surface area contributed by atoms with Gasteiger partial charge in [0.05, 0.1) is 68.4 Å². The van der Waals surface area contributed by atoms with Gasteiger partial charge in [0.25, 0.3) is 0 Å². The standard InChI is InChI=1S/C32H47N7O8S/c1-22-28(48-21-35-22)24-7-5-23(6-8-24)18-34-30(42)26-17-25(40)19-39(26)31(43)29(32(2,3)4)37-27(41)20-47-16-15-46-14-13-45-12-11-44-10-9-36-38-33/h5-8,21,25-26,29,40H,9-20H2,1-4H3,(H,34,42)(H,37,41)/t25-,26+,29?/m1/s1. The van der Waals surface area contributed by atoms with Crippen LogP contribution < -0.4 is 10.6 Å². The first-order valence-electron chi connectivity index (χ1n) is 15.9. The molecule has 1 saturated heterocycles. The smallest absolute Gasteiger partial charge is 0.246 e. The summed E-state index contributed by atoms with van der Waals surface area (Å²) >= 11 is 1.57. The van der Waals surface area contributed by atoms with Gasteiger partial charge in [-0.15, -0.1) is 11.3 Å². The largest absolute Gasteiger partial charge is 0.391 e. The topological polar surface area (TPSA) is 197 Å². The van der Waals surface area contributed by atoms with Gasteiger partial charge in [0.15, 0.2) is 0 Å². The summed E-state index contributed by atoms with van der Waals surface area (Å²) in [6, 6.07) is 6.02. The van der Waals surface area contributed by atoms with Crippen molar-refractivity contribution in [2.75, 3.05) is 65.9 Å². The molecule has 264 valence electrons. The van der Waals surface area contributed by atoms with E-state index in [0.29, 0.717) is 33.0 Å². The minimum Gasteiger partial charge on any atom is -0.391 e. The van der Waals surface area contributed by atoms with Crippen molar-refractivity contribution in [2.45, 2.75) is 58.8 Å². The van der Waals surface area contributed by atoms with Gasteiger partial charge in [-0.2, -0.15) is 0 Å². The summed E-state index contributed by atoms with van der Waals surface area (Å²) in [6.07, 6.45) is -0.757. The number of hydrogen-bond donors (Lipinski definition) is 3. The quantitative estimate of drug-likeness (QED) is 0.0810. The maximum absolute atomic E-state index is 13.8. The van der Waals surface area contributed by atoms with Crippen molar-refractivity contribution in [2.24, 2.45) is 10.5 Å². The molecule has 1 aromatic heterocycles. The second kappa shape index (κ2) is 20.0. The molecule has 0 radical (unpaired) electrons. The number of benzene rings is 1. The van der Waals surface area contributed by atoms with E-state index in [-0.39, 0.29) is 51.8 Å². The lowest BCUT2D eigenvalue weighted by Crippen LogP contribution is -2.58. The molecule has 3 atom stereocenters. The fourth-order valence-electron chi connectivity index (χ4n) is 4.96. The van der Waals surface area contributed by atoms with Crippen LogP contribution in [0.25, 0.3) is 20.9 Å². The van der Waals surface area contributed by atoms with Gasteiger partial charge >= 0.3 is 0 Å². The third-order valence-electron chi connectivity index (χ3n) is 7.46. The number of thiazole rings is 1. The van der Waals surface area contributed by atoms with Crippen molar-refractivity contribution in [1.82, 2.24) is 20.5 Å². The molecule has 1 aliphatic heterocycles. The number of amides is 3. The molecule has 0 bridgehead atoms. The molecule has 3 rings (SSSR count). The van der Waals surface area contributed by atoms with E-state index < -0.39 is 35.4 Å². The predicted octanol–water partition coefficient (Wildman–Crippen LogP) is 2.60. The zero-order chi connectivity index (χ0) is 34.9. The number of nitrogens with one attached hydrogen (secondary N) is 2. The van der Waals surface area contributed by atoms with E-state index in [4.69, 9.17) is 24.5 Å². The Morgan fingerprint density at radius 3 is 2.27 bits per heavy atom. The van der Waals surface area contributed by atoms with Crippen LogP contribution in [-0.2, 0) is 39.9 Å². The van der Waals surface area contributed by atoms with Crippen molar-refractivity contribution in [3.05, 3.63) is 51.5 Å². The molecule has 1 aromatic carbocycles. The van der Waals surface area contributed by atoms with Crippen LogP contribution in [0.2, 0.25) is 0 Å². The molecule has 48 heavy (non-hydrogen) atoms. The van der Waals surface area contributed by atoms with Crippen molar-refractivity contribution in [3.8, 4) is 10.4 Å². The maximum atomic E-state index is 13.8. The highest BCUT2D eigenvalue weighted by Crippen LogP contribution is 2.28. The van der Waals surface area contributed by atoms with Crippen LogP contribution in [0.1, 0.15) is 38.4 Å². The molecule has 16 heteroatoms. The third-order valence-corrected chi connectivity index (χ3v) is 8.44. The molecule has 15 nitrogen and oxygen atoms in total. The molecule has 0 spiro atoms. The Balaban J connectivity index is 1.41. The summed E-state index contributed by atoms with van der Waals surface area (Å²) in [5.41, 5.74) is 12.2. The summed E-state index contributed by atoms with van der Waals surface area (Å²) in [7, 11) is 0. The van der Waals surface area contributed by atoms with Crippen LogP contribution in [0, 0.1) is 12.3 Å². The van der Waals surface area contributed by atoms with Gasteiger partial charge in [0.1, 0.15) is 18.7 Å². The van der Waals surface area contributed by atoms with Gasteiger partial charge in [-0.25, -0.2) is 4.98 Å². The highest BCUT2D eigenvalue weighted by molar-refractivity contribution is 7.13. The van der Waals surface area contributed by atoms with Gasteiger partial charge in [-0.05, 0) is 29.0 Å².